The third-order valence-electron chi connectivity index (χ3n) is 5.04. The SMILES string of the molecule is COc1cccc(CN2CCN(CC(=O)Nc3cc(C)ccc3C)CC2)c1. The van der Waals surface area contributed by atoms with Crippen molar-refractivity contribution >= 4 is 11.6 Å². The van der Waals surface area contributed by atoms with Crippen LogP contribution in [0.3, 0.4) is 0 Å². The first-order valence-electron chi connectivity index (χ1n) is 9.48. The number of hydrogen-bond acceptors (Lipinski definition) is 4. The Balaban J connectivity index is 1.46. The van der Waals surface area contributed by atoms with Gasteiger partial charge in [0.05, 0.1) is 13.7 Å². The van der Waals surface area contributed by atoms with E-state index in [1.165, 1.54) is 5.56 Å². The lowest BCUT2D eigenvalue weighted by atomic mass is 10.1. The topological polar surface area (TPSA) is 44.8 Å². The molecule has 0 aliphatic carbocycles. The van der Waals surface area contributed by atoms with Gasteiger partial charge >= 0.3 is 0 Å². The van der Waals surface area contributed by atoms with E-state index in [1.807, 2.05) is 38.1 Å². The molecular formula is C22H29N3O2. The van der Waals surface area contributed by atoms with Gasteiger partial charge in [0.15, 0.2) is 0 Å². The summed E-state index contributed by atoms with van der Waals surface area (Å²) in [6.07, 6.45) is 0. The highest BCUT2D eigenvalue weighted by Gasteiger charge is 2.19. The fraction of sp³-hybridized carbons (Fsp3) is 0.409. The van der Waals surface area contributed by atoms with Gasteiger partial charge in [0, 0.05) is 38.4 Å². The fourth-order valence-electron chi connectivity index (χ4n) is 3.40. The van der Waals surface area contributed by atoms with E-state index in [9.17, 15) is 4.79 Å². The molecule has 5 nitrogen and oxygen atoms in total. The molecule has 1 heterocycles. The van der Waals surface area contributed by atoms with Gasteiger partial charge in [0.2, 0.25) is 5.91 Å². The second kappa shape index (κ2) is 9.02. The second-order valence-electron chi connectivity index (χ2n) is 7.27. The average Bonchev–Trinajstić information content (AvgIpc) is 2.66. The summed E-state index contributed by atoms with van der Waals surface area (Å²) in [6, 6.07) is 14.3. The Hall–Kier alpha value is -2.37. The Morgan fingerprint density at radius 1 is 1.04 bits per heavy atom. The standard InChI is InChI=1S/C22H29N3O2/c1-17-7-8-18(2)21(13-17)23-22(26)16-25-11-9-24(10-12-25)15-19-5-4-6-20(14-19)27-3/h4-8,13-14H,9-12,15-16H2,1-3H3,(H,23,26). The number of rotatable bonds is 6. The largest absolute Gasteiger partial charge is 0.497 e. The molecule has 5 heteroatoms. The van der Waals surface area contributed by atoms with Crippen LogP contribution < -0.4 is 10.1 Å². The van der Waals surface area contributed by atoms with Crippen LogP contribution in [0, 0.1) is 13.8 Å². The van der Waals surface area contributed by atoms with E-state index in [4.69, 9.17) is 4.74 Å². The molecule has 1 amide bonds. The van der Waals surface area contributed by atoms with Crippen molar-refractivity contribution in [3.05, 3.63) is 59.2 Å². The Morgan fingerprint density at radius 2 is 1.78 bits per heavy atom. The van der Waals surface area contributed by atoms with E-state index >= 15 is 0 Å². The van der Waals surface area contributed by atoms with Gasteiger partial charge in [-0.2, -0.15) is 0 Å². The van der Waals surface area contributed by atoms with Crippen LogP contribution in [0.4, 0.5) is 5.69 Å². The van der Waals surface area contributed by atoms with Gasteiger partial charge in [0.1, 0.15) is 5.75 Å². The lowest BCUT2D eigenvalue weighted by Gasteiger charge is -2.34. The van der Waals surface area contributed by atoms with E-state index in [1.54, 1.807) is 7.11 Å². The van der Waals surface area contributed by atoms with Crippen molar-refractivity contribution in [1.29, 1.82) is 0 Å². The molecule has 0 saturated carbocycles. The molecule has 2 aromatic rings. The zero-order valence-electron chi connectivity index (χ0n) is 16.5. The van der Waals surface area contributed by atoms with E-state index in [0.717, 1.165) is 55.3 Å². The number of benzene rings is 2. The van der Waals surface area contributed by atoms with Crippen molar-refractivity contribution in [2.24, 2.45) is 0 Å². The summed E-state index contributed by atoms with van der Waals surface area (Å²) < 4.78 is 5.30. The highest BCUT2D eigenvalue weighted by Crippen LogP contribution is 2.17. The average molecular weight is 367 g/mol. The number of ether oxygens (including phenoxy) is 1. The minimum absolute atomic E-state index is 0.0601. The smallest absolute Gasteiger partial charge is 0.238 e. The minimum atomic E-state index is 0.0601. The first kappa shape index (κ1) is 19.4. The molecule has 0 unspecified atom stereocenters. The van der Waals surface area contributed by atoms with Crippen LogP contribution in [0.5, 0.6) is 5.75 Å². The van der Waals surface area contributed by atoms with Gasteiger partial charge in [0.25, 0.3) is 0 Å². The first-order valence-corrected chi connectivity index (χ1v) is 9.48. The fourth-order valence-corrected chi connectivity index (χ4v) is 3.40. The number of carbonyl (C=O) groups is 1. The number of amides is 1. The molecule has 0 aromatic heterocycles. The summed E-state index contributed by atoms with van der Waals surface area (Å²) in [7, 11) is 1.70. The van der Waals surface area contributed by atoms with Crippen LogP contribution in [0.2, 0.25) is 0 Å². The van der Waals surface area contributed by atoms with E-state index < -0.39 is 0 Å². The molecule has 1 N–H and O–H groups in total. The summed E-state index contributed by atoms with van der Waals surface area (Å²) in [5.74, 6) is 0.958. The molecule has 0 spiro atoms. The quantitative estimate of drug-likeness (QED) is 0.852. The lowest BCUT2D eigenvalue weighted by Crippen LogP contribution is -2.48. The van der Waals surface area contributed by atoms with Crippen LogP contribution in [0.1, 0.15) is 16.7 Å². The molecule has 3 rings (SSSR count). The summed E-state index contributed by atoms with van der Waals surface area (Å²) in [4.78, 5) is 17.1. The molecule has 1 aliphatic rings. The van der Waals surface area contributed by atoms with Crippen molar-refractivity contribution in [2.45, 2.75) is 20.4 Å². The predicted octanol–water partition coefficient (Wildman–Crippen LogP) is 3.07. The maximum Gasteiger partial charge on any atom is 0.238 e. The number of piperazine rings is 1. The number of nitrogens with zero attached hydrogens (tertiary/aromatic N) is 2. The number of aryl methyl sites for hydroxylation is 2. The monoisotopic (exact) mass is 367 g/mol. The van der Waals surface area contributed by atoms with Gasteiger partial charge in [-0.15, -0.1) is 0 Å². The molecule has 1 aliphatic heterocycles. The third kappa shape index (κ3) is 5.55. The number of methoxy groups -OCH3 is 1. The minimum Gasteiger partial charge on any atom is -0.497 e. The van der Waals surface area contributed by atoms with Crippen LogP contribution in [-0.4, -0.2) is 55.5 Å². The molecule has 1 fully saturated rings. The number of anilines is 1. The van der Waals surface area contributed by atoms with Crippen molar-refractivity contribution in [3.63, 3.8) is 0 Å². The Kier molecular flexibility index (Phi) is 6.48. The highest BCUT2D eigenvalue weighted by molar-refractivity contribution is 5.93. The van der Waals surface area contributed by atoms with Gasteiger partial charge in [-0.05, 0) is 48.7 Å². The van der Waals surface area contributed by atoms with Crippen molar-refractivity contribution in [3.8, 4) is 5.75 Å². The van der Waals surface area contributed by atoms with Gasteiger partial charge in [-0.3, -0.25) is 14.6 Å². The normalized spacial score (nSPS) is 15.5. The summed E-state index contributed by atoms with van der Waals surface area (Å²) in [5, 5.41) is 3.05. The maximum atomic E-state index is 12.4. The van der Waals surface area contributed by atoms with E-state index in [-0.39, 0.29) is 5.91 Å². The Bertz CT molecular complexity index is 783. The van der Waals surface area contributed by atoms with Gasteiger partial charge < -0.3 is 10.1 Å². The number of hydrogen-bond donors (Lipinski definition) is 1. The molecule has 1 saturated heterocycles. The lowest BCUT2D eigenvalue weighted by molar-refractivity contribution is -0.117. The highest BCUT2D eigenvalue weighted by atomic mass is 16.5. The molecular weight excluding hydrogens is 338 g/mol. The molecule has 0 atom stereocenters. The van der Waals surface area contributed by atoms with Crippen LogP contribution in [0.25, 0.3) is 0 Å². The second-order valence-corrected chi connectivity index (χ2v) is 7.27. The Morgan fingerprint density at radius 3 is 2.52 bits per heavy atom. The van der Waals surface area contributed by atoms with Crippen LogP contribution in [0.15, 0.2) is 42.5 Å². The summed E-state index contributed by atoms with van der Waals surface area (Å²) >= 11 is 0. The zero-order valence-corrected chi connectivity index (χ0v) is 16.5. The maximum absolute atomic E-state index is 12.4. The molecule has 27 heavy (non-hydrogen) atoms. The molecule has 0 bridgehead atoms. The van der Waals surface area contributed by atoms with E-state index in [0.29, 0.717) is 6.54 Å². The molecule has 0 radical (unpaired) electrons. The number of nitrogens with one attached hydrogen (secondary N) is 1. The predicted molar refractivity (Wildman–Crippen MR) is 109 cm³/mol. The number of carbonyl (C=O) groups excluding carboxylic acids is 1. The van der Waals surface area contributed by atoms with Gasteiger partial charge in [-0.25, -0.2) is 0 Å². The van der Waals surface area contributed by atoms with Crippen molar-refractivity contribution in [1.82, 2.24) is 9.80 Å². The van der Waals surface area contributed by atoms with Gasteiger partial charge in [-0.1, -0.05) is 24.3 Å². The first-order chi connectivity index (χ1) is 13.0. The molecule has 144 valence electrons. The third-order valence-corrected chi connectivity index (χ3v) is 5.04. The van der Waals surface area contributed by atoms with Crippen molar-refractivity contribution < 1.29 is 9.53 Å². The van der Waals surface area contributed by atoms with Crippen molar-refractivity contribution in [2.75, 3.05) is 45.2 Å². The van der Waals surface area contributed by atoms with Crippen LogP contribution in [-0.2, 0) is 11.3 Å². The zero-order chi connectivity index (χ0) is 19.2. The molecule has 2 aromatic carbocycles. The Labute approximate surface area is 161 Å². The summed E-state index contributed by atoms with van der Waals surface area (Å²) in [5.41, 5.74) is 4.42. The van der Waals surface area contributed by atoms with Crippen LogP contribution >= 0.6 is 0 Å². The van der Waals surface area contributed by atoms with E-state index in [2.05, 4.69) is 33.3 Å². The summed E-state index contributed by atoms with van der Waals surface area (Å²) in [6.45, 7) is 9.17.